The summed E-state index contributed by atoms with van der Waals surface area (Å²) < 4.78 is 23.2. The van der Waals surface area contributed by atoms with Gasteiger partial charge in [0.15, 0.2) is 9.84 Å². The van der Waals surface area contributed by atoms with Crippen molar-refractivity contribution in [1.29, 1.82) is 0 Å². The summed E-state index contributed by atoms with van der Waals surface area (Å²) in [6.07, 6.45) is 2.76. The summed E-state index contributed by atoms with van der Waals surface area (Å²) in [5.41, 5.74) is 1.54. The Morgan fingerprint density at radius 1 is 1.04 bits per heavy atom. The molecule has 1 N–H and O–H groups in total. The van der Waals surface area contributed by atoms with Crippen molar-refractivity contribution in [3.63, 3.8) is 0 Å². The standard InChI is InChI=1S/C17H14N2O3S/c1-23(21,22)14-8-2-6-13(11-14)17(20)19-15-9-3-5-12-7-4-10-18-16(12)15/h2-11H,1H3,(H,19,20). The summed E-state index contributed by atoms with van der Waals surface area (Å²) in [6.45, 7) is 0. The van der Waals surface area contributed by atoms with E-state index < -0.39 is 9.84 Å². The number of nitrogens with one attached hydrogen (secondary N) is 1. The summed E-state index contributed by atoms with van der Waals surface area (Å²) in [5.74, 6) is -0.381. The molecule has 3 aromatic rings. The van der Waals surface area contributed by atoms with Gasteiger partial charge in [-0.05, 0) is 30.3 Å². The molecule has 6 heteroatoms. The van der Waals surface area contributed by atoms with Crippen LogP contribution >= 0.6 is 0 Å². The molecule has 3 rings (SSSR count). The number of para-hydroxylation sites is 1. The first kappa shape index (κ1) is 15.2. The minimum atomic E-state index is -3.36. The average molecular weight is 326 g/mol. The number of carbonyl (C=O) groups is 1. The van der Waals surface area contributed by atoms with Crippen molar-refractivity contribution in [2.45, 2.75) is 4.90 Å². The number of hydrogen-bond acceptors (Lipinski definition) is 4. The van der Waals surface area contributed by atoms with E-state index in [1.54, 1.807) is 24.4 Å². The summed E-state index contributed by atoms with van der Waals surface area (Å²) >= 11 is 0. The number of aromatic nitrogens is 1. The van der Waals surface area contributed by atoms with Crippen molar-refractivity contribution in [1.82, 2.24) is 4.98 Å². The number of anilines is 1. The van der Waals surface area contributed by atoms with Crippen molar-refractivity contribution in [3.05, 3.63) is 66.4 Å². The molecule has 0 unspecified atom stereocenters. The Morgan fingerprint density at radius 3 is 2.57 bits per heavy atom. The number of pyridine rings is 1. The van der Waals surface area contributed by atoms with Gasteiger partial charge in [0.25, 0.3) is 5.91 Å². The van der Waals surface area contributed by atoms with E-state index in [1.807, 2.05) is 24.3 Å². The SMILES string of the molecule is CS(=O)(=O)c1cccc(C(=O)Nc2cccc3cccnc23)c1. The Labute approximate surface area is 133 Å². The summed E-state index contributed by atoms with van der Waals surface area (Å²) in [7, 11) is -3.36. The van der Waals surface area contributed by atoms with Crippen LogP contribution in [0.5, 0.6) is 0 Å². The van der Waals surface area contributed by atoms with E-state index in [4.69, 9.17) is 0 Å². The average Bonchev–Trinajstić information content (AvgIpc) is 2.54. The maximum Gasteiger partial charge on any atom is 0.255 e. The Kier molecular flexibility index (Phi) is 3.83. The van der Waals surface area contributed by atoms with Crippen LogP contribution in [0.1, 0.15) is 10.4 Å². The van der Waals surface area contributed by atoms with Crippen LogP contribution in [0.15, 0.2) is 65.7 Å². The fourth-order valence-electron chi connectivity index (χ4n) is 2.27. The monoisotopic (exact) mass is 326 g/mol. The van der Waals surface area contributed by atoms with E-state index in [-0.39, 0.29) is 16.4 Å². The molecule has 0 aliphatic carbocycles. The summed E-state index contributed by atoms with van der Waals surface area (Å²) in [4.78, 5) is 16.8. The highest BCUT2D eigenvalue weighted by Crippen LogP contribution is 2.21. The highest BCUT2D eigenvalue weighted by molar-refractivity contribution is 7.90. The highest BCUT2D eigenvalue weighted by atomic mass is 32.2. The molecule has 0 spiro atoms. The number of amides is 1. The number of carbonyl (C=O) groups excluding carboxylic acids is 1. The smallest absolute Gasteiger partial charge is 0.255 e. The van der Waals surface area contributed by atoms with Gasteiger partial charge in [0.2, 0.25) is 0 Å². The number of fused-ring (bicyclic) bond motifs is 1. The lowest BCUT2D eigenvalue weighted by Crippen LogP contribution is -2.13. The van der Waals surface area contributed by atoms with Crippen molar-refractivity contribution in [3.8, 4) is 0 Å². The molecule has 1 aromatic heterocycles. The second-order valence-corrected chi connectivity index (χ2v) is 7.15. The molecular formula is C17H14N2O3S. The Bertz CT molecular complexity index is 992. The maximum absolute atomic E-state index is 12.4. The van der Waals surface area contributed by atoms with Crippen LogP contribution in [0.25, 0.3) is 10.9 Å². The second kappa shape index (κ2) is 5.81. The third-order valence-corrected chi connectivity index (χ3v) is 4.52. The van der Waals surface area contributed by atoms with Crippen molar-refractivity contribution < 1.29 is 13.2 Å². The van der Waals surface area contributed by atoms with Gasteiger partial charge in [0.05, 0.1) is 16.1 Å². The molecular weight excluding hydrogens is 312 g/mol. The highest BCUT2D eigenvalue weighted by Gasteiger charge is 2.13. The van der Waals surface area contributed by atoms with Crippen LogP contribution in [-0.4, -0.2) is 25.6 Å². The van der Waals surface area contributed by atoms with Crippen molar-refractivity contribution in [2.75, 3.05) is 11.6 Å². The summed E-state index contributed by atoms with van der Waals surface area (Å²) in [6, 6.07) is 15.2. The maximum atomic E-state index is 12.4. The Morgan fingerprint density at radius 2 is 1.78 bits per heavy atom. The molecule has 1 amide bonds. The van der Waals surface area contributed by atoms with E-state index in [0.717, 1.165) is 11.6 Å². The molecule has 0 saturated heterocycles. The van der Waals surface area contributed by atoms with Crippen LogP contribution in [0.4, 0.5) is 5.69 Å². The zero-order chi connectivity index (χ0) is 16.4. The molecule has 23 heavy (non-hydrogen) atoms. The third-order valence-electron chi connectivity index (χ3n) is 3.41. The Balaban J connectivity index is 1.96. The van der Waals surface area contributed by atoms with Gasteiger partial charge in [-0.25, -0.2) is 8.42 Å². The van der Waals surface area contributed by atoms with Crippen molar-refractivity contribution >= 4 is 32.3 Å². The minimum Gasteiger partial charge on any atom is -0.320 e. The first-order valence-electron chi connectivity index (χ1n) is 6.90. The van der Waals surface area contributed by atoms with Crippen LogP contribution in [0.3, 0.4) is 0 Å². The summed E-state index contributed by atoms with van der Waals surface area (Å²) in [5, 5.41) is 3.70. The predicted octanol–water partition coefficient (Wildman–Crippen LogP) is 2.89. The molecule has 0 bridgehead atoms. The lowest BCUT2D eigenvalue weighted by Gasteiger charge is -2.08. The van der Waals surface area contributed by atoms with E-state index in [0.29, 0.717) is 11.2 Å². The number of rotatable bonds is 3. The van der Waals surface area contributed by atoms with Crippen LogP contribution in [-0.2, 0) is 9.84 Å². The van der Waals surface area contributed by atoms with E-state index in [2.05, 4.69) is 10.3 Å². The molecule has 0 aliphatic rings. The third kappa shape index (κ3) is 3.22. The van der Waals surface area contributed by atoms with Crippen molar-refractivity contribution in [2.24, 2.45) is 0 Å². The molecule has 1 heterocycles. The normalized spacial score (nSPS) is 11.3. The van der Waals surface area contributed by atoms with Gasteiger partial charge >= 0.3 is 0 Å². The predicted molar refractivity (Wildman–Crippen MR) is 89.2 cm³/mol. The van der Waals surface area contributed by atoms with Gasteiger partial charge in [-0.2, -0.15) is 0 Å². The molecule has 116 valence electrons. The Hall–Kier alpha value is -2.73. The first-order chi connectivity index (χ1) is 10.9. The number of hydrogen-bond donors (Lipinski definition) is 1. The quantitative estimate of drug-likeness (QED) is 0.803. The second-order valence-electron chi connectivity index (χ2n) is 5.13. The van der Waals surface area contributed by atoms with Gasteiger partial charge in [-0.15, -0.1) is 0 Å². The van der Waals surface area contributed by atoms with Gasteiger partial charge < -0.3 is 5.32 Å². The van der Waals surface area contributed by atoms with E-state index in [1.165, 1.54) is 12.1 Å². The zero-order valence-corrected chi connectivity index (χ0v) is 13.2. The van der Waals surface area contributed by atoms with Gasteiger partial charge in [0.1, 0.15) is 0 Å². The topological polar surface area (TPSA) is 76.1 Å². The molecule has 0 fully saturated rings. The fraction of sp³-hybridized carbons (Fsp3) is 0.0588. The fourth-order valence-corrected chi connectivity index (χ4v) is 2.93. The lowest BCUT2D eigenvalue weighted by atomic mass is 10.1. The molecule has 0 radical (unpaired) electrons. The number of nitrogens with zero attached hydrogens (tertiary/aromatic N) is 1. The largest absolute Gasteiger partial charge is 0.320 e. The van der Waals surface area contributed by atoms with Crippen LogP contribution in [0.2, 0.25) is 0 Å². The van der Waals surface area contributed by atoms with Gasteiger partial charge in [0, 0.05) is 23.4 Å². The molecule has 0 aliphatic heterocycles. The van der Waals surface area contributed by atoms with E-state index in [9.17, 15) is 13.2 Å². The van der Waals surface area contributed by atoms with Crippen LogP contribution < -0.4 is 5.32 Å². The first-order valence-corrected chi connectivity index (χ1v) is 8.79. The minimum absolute atomic E-state index is 0.112. The van der Waals surface area contributed by atoms with E-state index >= 15 is 0 Å². The lowest BCUT2D eigenvalue weighted by molar-refractivity contribution is 0.102. The molecule has 0 atom stereocenters. The zero-order valence-electron chi connectivity index (χ0n) is 12.4. The van der Waals surface area contributed by atoms with Crippen LogP contribution in [0, 0.1) is 0 Å². The molecule has 0 saturated carbocycles. The van der Waals surface area contributed by atoms with Gasteiger partial charge in [-0.3, -0.25) is 9.78 Å². The number of benzene rings is 2. The molecule has 2 aromatic carbocycles. The number of sulfone groups is 1. The molecule has 5 nitrogen and oxygen atoms in total. The van der Waals surface area contributed by atoms with Gasteiger partial charge in [-0.1, -0.05) is 24.3 Å².